The quantitative estimate of drug-likeness (QED) is 0.355. The number of esters is 2. The molecule has 1 aliphatic rings. The standard InChI is InChI=1S/C32H25N3O4/c1-38-31(36)28-27(22-10-4-3-5-11-22)26(19-33)30(34)35(29(28)32(37)39-2)23-17-15-21(16-18-23)25-14-8-12-20-9-6-7-13-24(20)25/h3-18,27H,34H2,1-2H3. The molecule has 1 heterocycles. The van der Waals surface area contributed by atoms with Crippen LogP contribution in [0.15, 0.2) is 120 Å². The first-order valence-electron chi connectivity index (χ1n) is 12.2. The largest absolute Gasteiger partial charge is 0.466 e. The van der Waals surface area contributed by atoms with Crippen molar-refractivity contribution in [2.45, 2.75) is 5.92 Å². The highest BCUT2D eigenvalue weighted by molar-refractivity contribution is 6.06. The molecule has 0 spiro atoms. The Bertz CT molecular complexity index is 1680. The monoisotopic (exact) mass is 515 g/mol. The lowest BCUT2D eigenvalue weighted by atomic mass is 9.81. The number of rotatable bonds is 5. The number of fused-ring (bicyclic) bond motifs is 1. The molecule has 0 radical (unpaired) electrons. The van der Waals surface area contributed by atoms with Crippen LogP contribution in [0.2, 0.25) is 0 Å². The SMILES string of the molecule is COC(=O)C1=C(C(=O)OC)N(c2ccc(-c3cccc4ccccc34)cc2)C(N)=C(C#N)C1c1ccccc1. The van der Waals surface area contributed by atoms with E-state index in [1.54, 1.807) is 36.4 Å². The Kier molecular flexibility index (Phi) is 6.85. The van der Waals surface area contributed by atoms with Crippen LogP contribution in [-0.4, -0.2) is 26.2 Å². The van der Waals surface area contributed by atoms with Crippen molar-refractivity contribution in [1.29, 1.82) is 5.26 Å². The van der Waals surface area contributed by atoms with E-state index in [9.17, 15) is 14.9 Å². The highest BCUT2D eigenvalue weighted by Gasteiger charge is 2.42. The Morgan fingerprint density at radius 2 is 1.46 bits per heavy atom. The fourth-order valence-corrected chi connectivity index (χ4v) is 5.05. The molecule has 1 aliphatic heterocycles. The van der Waals surface area contributed by atoms with Crippen molar-refractivity contribution in [1.82, 2.24) is 0 Å². The molecule has 7 heteroatoms. The summed E-state index contributed by atoms with van der Waals surface area (Å²) in [5.74, 6) is -2.43. The van der Waals surface area contributed by atoms with Gasteiger partial charge in [0, 0.05) is 5.69 Å². The summed E-state index contributed by atoms with van der Waals surface area (Å²) in [5, 5.41) is 12.4. The lowest BCUT2D eigenvalue weighted by molar-refractivity contribution is -0.139. The van der Waals surface area contributed by atoms with Gasteiger partial charge in [-0.25, -0.2) is 9.59 Å². The van der Waals surface area contributed by atoms with E-state index in [1.165, 1.54) is 19.1 Å². The molecule has 0 aliphatic carbocycles. The zero-order valence-electron chi connectivity index (χ0n) is 21.4. The first-order chi connectivity index (χ1) is 19.0. The maximum atomic E-state index is 13.2. The second-order valence-corrected chi connectivity index (χ2v) is 8.91. The van der Waals surface area contributed by atoms with Crippen LogP contribution in [0.25, 0.3) is 21.9 Å². The van der Waals surface area contributed by atoms with Crippen molar-refractivity contribution < 1.29 is 19.1 Å². The van der Waals surface area contributed by atoms with Crippen LogP contribution in [0.5, 0.6) is 0 Å². The molecule has 4 aromatic rings. The smallest absolute Gasteiger partial charge is 0.355 e. The molecule has 0 saturated carbocycles. The number of hydrogen-bond acceptors (Lipinski definition) is 7. The molecule has 2 N–H and O–H groups in total. The van der Waals surface area contributed by atoms with Crippen LogP contribution in [0, 0.1) is 11.3 Å². The van der Waals surface area contributed by atoms with Crippen LogP contribution < -0.4 is 10.6 Å². The van der Waals surface area contributed by atoms with Crippen LogP contribution in [-0.2, 0) is 19.1 Å². The summed E-state index contributed by atoms with van der Waals surface area (Å²) in [6, 6.07) is 32.7. The summed E-state index contributed by atoms with van der Waals surface area (Å²) >= 11 is 0. The molecule has 0 amide bonds. The van der Waals surface area contributed by atoms with Crippen LogP contribution in [0.3, 0.4) is 0 Å². The second-order valence-electron chi connectivity index (χ2n) is 8.91. The van der Waals surface area contributed by atoms with Crippen molar-refractivity contribution in [2.24, 2.45) is 5.73 Å². The highest BCUT2D eigenvalue weighted by Crippen LogP contribution is 2.43. The van der Waals surface area contributed by atoms with Gasteiger partial charge in [-0.1, -0.05) is 84.9 Å². The molecule has 5 rings (SSSR count). The van der Waals surface area contributed by atoms with Crippen molar-refractivity contribution in [3.8, 4) is 17.2 Å². The third kappa shape index (κ3) is 4.38. The molecule has 0 aromatic heterocycles. The molecule has 1 unspecified atom stereocenters. The predicted molar refractivity (Wildman–Crippen MR) is 149 cm³/mol. The van der Waals surface area contributed by atoms with E-state index < -0.39 is 17.9 Å². The number of hydrogen-bond donors (Lipinski definition) is 1. The molecular weight excluding hydrogens is 490 g/mol. The van der Waals surface area contributed by atoms with Crippen molar-refractivity contribution in [3.63, 3.8) is 0 Å². The second kappa shape index (κ2) is 10.6. The molecule has 39 heavy (non-hydrogen) atoms. The van der Waals surface area contributed by atoms with E-state index in [4.69, 9.17) is 15.2 Å². The van der Waals surface area contributed by atoms with E-state index >= 15 is 0 Å². The minimum absolute atomic E-state index is 0.0253. The Labute approximate surface area is 226 Å². The molecule has 1 atom stereocenters. The first kappa shape index (κ1) is 25.3. The van der Waals surface area contributed by atoms with Gasteiger partial charge in [-0.15, -0.1) is 0 Å². The molecule has 4 aromatic carbocycles. The Hall–Kier alpha value is -5.35. The number of methoxy groups -OCH3 is 2. The zero-order valence-corrected chi connectivity index (χ0v) is 21.4. The van der Waals surface area contributed by atoms with Crippen LogP contribution >= 0.6 is 0 Å². The third-order valence-corrected chi connectivity index (χ3v) is 6.84. The zero-order chi connectivity index (χ0) is 27.5. The van der Waals surface area contributed by atoms with E-state index in [-0.39, 0.29) is 22.7 Å². The number of carbonyl (C=O) groups excluding carboxylic acids is 2. The van der Waals surface area contributed by atoms with Gasteiger partial charge in [-0.05, 0) is 39.6 Å². The van der Waals surface area contributed by atoms with Crippen LogP contribution in [0.1, 0.15) is 11.5 Å². The van der Waals surface area contributed by atoms with Gasteiger partial charge in [0.25, 0.3) is 0 Å². The number of ether oxygens (including phenoxy) is 2. The van der Waals surface area contributed by atoms with Gasteiger partial charge in [0.2, 0.25) is 0 Å². The van der Waals surface area contributed by atoms with E-state index in [0.29, 0.717) is 11.3 Å². The Morgan fingerprint density at radius 3 is 2.13 bits per heavy atom. The third-order valence-electron chi connectivity index (χ3n) is 6.84. The van der Waals surface area contributed by atoms with Gasteiger partial charge in [0.05, 0.1) is 37.4 Å². The van der Waals surface area contributed by atoms with E-state index in [2.05, 4.69) is 24.3 Å². The normalized spacial score (nSPS) is 15.2. The molecule has 0 saturated heterocycles. The van der Waals surface area contributed by atoms with Crippen molar-refractivity contribution >= 4 is 28.4 Å². The van der Waals surface area contributed by atoms with E-state index in [0.717, 1.165) is 21.9 Å². The molecule has 192 valence electrons. The van der Waals surface area contributed by atoms with E-state index in [1.807, 2.05) is 42.5 Å². The lowest BCUT2D eigenvalue weighted by Gasteiger charge is -2.36. The molecule has 0 bridgehead atoms. The summed E-state index contributed by atoms with van der Waals surface area (Å²) < 4.78 is 10.2. The minimum Gasteiger partial charge on any atom is -0.466 e. The number of nitrogens with two attached hydrogens (primary N) is 1. The summed E-state index contributed by atoms with van der Waals surface area (Å²) in [6.07, 6.45) is 0. The first-order valence-corrected chi connectivity index (χ1v) is 12.2. The summed E-state index contributed by atoms with van der Waals surface area (Å²) in [6.45, 7) is 0. The average molecular weight is 516 g/mol. The number of anilines is 1. The number of nitrogens with zero attached hydrogens (tertiary/aromatic N) is 2. The number of benzene rings is 4. The maximum absolute atomic E-state index is 13.2. The van der Waals surface area contributed by atoms with Gasteiger partial charge < -0.3 is 15.2 Å². The average Bonchev–Trinajstić information content (AvgIpc) is 2.99. The number of nitriles is 1. The Morgan fingerprint density at radius 1 is 0.821 bits per heavy atom. The van der Waals surface area contributed by atoms with Crippen molar-refractivity contribution in [2.75, 3.05) is 19.1 Å². The van der Waals surface area contributed by atoms with Gasteiger partial charge in [0.1, 0.15) is 11.5 Å². The number of allylic oxidation sites excluding steroid dienone is 1. The highest BCUT2D eigenvalue weighted by atomic mass is 16.5. The summed E-state index contributed by atoms with van der Waals surface area (Å²) in [4.78, 5) is 27.8. The van der Waals surface area contributed by atoms with Gasteiger partial charge in [-0.2, -0.15) is 5.26 Å². The fraction of sp³-hybridized carbons (Fsp3) is 0.0938. The fourth-order valence-electron chi connectivity index (χ4n) is 5.05. The van der Waals surface area contributed by atoms with Gasteiger partial charge >= 0.3 is 11.9 Å². The maximum Gasteiger partial charge on any atom is 0.355 e. The molecule has 7 nitrogen and oxygen atoms in total. The van der Waals surface area contributed by atoms with Crippen LogP contribution in [0.4, 0.5) is 5.69 Å². The minimum atomic E-state index is -0.913. The summed E-state index contributed by atoms with van der Waals surface area (Å²) in [7, 11) is 2.45. The molecular formula is C32H25N3O4. The van der Waals surface area contributed by atoms with Gasteiger partial charge in [-0.3, -0.25) is 4.90 Å². The summed E-state index contributed by atoms with van der Waals surface area (Å²) in [5.41, 5.74) is 9.68. The van der Waals surface area contributed by atoms with Gasteiger partial charge in [0.15, 0.2) is 0 Å². The predicted octanol–water partition coefficient (Wildman–Crippen LogP) is 5.40. The Balaban J connectivity index is 1.70. The topological polar surface area (TPSA) is 106 Å². The molecule has 0 fully saturated rings. The van der Waals surface area contributed by atoms with Crippen molar-refractivity contribution in [3.05, 3.63) is 125 Å². The number of carbonyl (C=O) groups is 2. The lowest BCUT2D eigenvalue weighted by Crippen LogP contribution is -2.40.